The highest BCUT2D eigenvalue weighted by Gasteiger charge is 2.23. The van der Waals surface area contributed by atoms with Crippen LogP contribution < -0.4 is 20.1 Å². The highest BCUT2D eigenvalue weighted by molar-refractivity contribution is 8.00. The van der Waals surface area contributed by atoms with Gasteiger partial charge in [0.2, 0.25) is 5.91 Å². The molecule has 9 heteroatoms. The van der Waals surface area contributed by atoms with Gasteiger partial charge in [-0.25, -0.2) is 0 Å². The standard InChI is InChI=1S/C29H24Cl2N2O4S/c1-36-25-15-8-19(16-26(25)37-2)28(34)32-21-10-12-22(13-11-21)38-27(18-6-4-3-5-7-18)29(35)33-24-14-9-20(30)17-23(24)31/h3-17,27H,1-2H3,(H,32,34)(H,33,35). The molecule has 4 aromatic rings. The van der Waals surface area contributed by atoms with E-state index >= 15 is 0 Å². The molecule has 0 aliphatic heterocycles. The number of hydrogen-bond acceptors (Lipinski definition) is 5. The van der Waals surface area contributed by atoms with Gasteiger partial charge >= 0.3 is 0 Å². The Hall–Kier alpha value is -3.65. The highest BCUT2D eigenvalue weighted by Crippen LogP contribution is 2.37. The van der Waals surface area contributed by atoms with Gasteiger partial charge in [0, 0.05) is 21.2 Å². The van der Waals surface area contributed by atoms with E-state index in [4.69, 9.17) is 32.7 Å². The van der Waals surface area contributed by atoms with Gasteiger partial charge in [0.05, 0.1) is 24.9 Å². The lowest BCUT2D eigenvalue weighted by atomic mass is 10.1. The molecule has 2 N–H and O–H groups in total. The van der Waals surface area contributed by atoms with Crippen LogP contribution in [0.3, 0.4) is 0 Å². The monoisotopic (exact) mass is 566 g/mol. The van der Waals surface area contributed by atoms with Crippen LogP contribution in [0, 0.1) is 0 Å². The lowest BCUT2D eigenvalue weighted by Crippen LogP contribution is -2.19. The van der Waals surface area contributed by atoms with Crippen LogP contribution in [0.25, 0.3) is 0 Å². The fraction of sp³-hybridized carbons (Fsp3) is 0.103. The fourth-order valence-electron chi connectivity index (χ4n) is 3.62. The molecule has 0 heterocycles. The molecule has 4 rings (SSSR count). The van der Waals surface area contributed by atoms with Crippen molar-refractivity contribution in [1.29, 1.82) is 0 Å². The first kappa shape index (κ1) is 27.4. The number of carbonyl (C=O) groups is 2. The Labute approximate surface area is 235 Å². The van der Waals surface area contributed by atoms with Gasteiger partial charge in [-0.15, -0.1) is 11.8 Å². The molecule has 0 fully saturated rings. The first-order valence-electron chi connectivity index (χ1n) is 11.5. The van der Waals surface area contributed by atoms with Gasteiger partial charge in [0.1, 0.15) is 5.25 Å². The summed E-state index contributed by atoms with van der Waals surface area (Å²) in [4.78, 5) is 26.9. The smallest absolute Gasteiger partial charge is 0.255 e. The first-order valence-corrected chi connectivity index (χ1v) is 13.1. The van der Waals surface area contributed by atoms with E-state index in [0.717, 1.165) is 10.5 Å². The molecule has 4 aromatic carbocycles. The van der Waals surface area contributed by atoms with Crippen molar-refractivity contribution >= 4 is 58.2 Å². The number of hydrogen-bond donors (Lipinski definition) is 2. The molecule has 0 radical (unpaired) electrons. The molecular formula is C29H24Cl2N2O4S. The number of methoxy groups -OCH3 is 2. The van der Waals surface area contributed by atoms with E-state index in [1.54, 1.807) is 48.5 Å². The fourth-order valence-corrected chi connectivity index (χ4v) is 5.10. The summed E-state index contributed by atoms with van der Waals surface area (Å²) < 4.78 is 10.5. The van der Waals surface area contributed by atoms with Crippen LogP contribution in [0.4, 0.5) is 11.4 Å². The van der Waals surface area contributed by atoms with Crippen LogP contribution in [0.1, 0.15) is 21.2 Å². The van der Waals surface area contributed by atoms with Crippen molar-refractivity contribution in [2.75, 3.05) is 24.9 Å². The molecule has 0 spiro atoms. The number of anilines is 2. The lowest BCUT2D eigenvalue weighted by Gasteiger charge is -2.18. The second-order valence-corrected chi connectivity index (χ2v) is 10.1. The normalized spacial score (nSPS) is 11.4. The summed E-state index contributed by atoms with van der Waals surface area (Å²) in [5.74, 6) is 0.502. The molecule has 38 heavy (non-hydrogen) atoms. The SMILES string of the molecule is COc1ccc(C(=O)Nc2ccc(SC(C(=O)Nc3ccc(Cl)cc3Cl)c3ccccc3)cc2)cc1OC. The summed E-state index contributed by atoms with van der Waals surface area (Å²) in [6, 6.07) is 26.6. The second-order valence-electron chi connectivity index (χ2n) is 8.07. The van der Waals surface area contributed by atoms with Crippen LogP contribution >= 0.6 is 35.0 Å². The summed E-state index contributed by atoms with van der Waals surface area (Å²) in [5, 5.41) is 6.08. The Balaban J connectivity index is 1.49. The minimum Gasteiger partial charge on any atom is -0.493 e. The molecule has 0 aliphatic carbocycles. The van der Waals surface area contributed by atoms with Gasteiger partial charge in [0.15, 0.2) is 11.5 Å². The molecule has 6 nitrogen and oxygen atoms in total. The minimum absolute atomic E-state index is 0.226. The maximum atomic E-state index is 13.3. The summed E-state index contributed by atoms with van der Waals surface area (Å²) in [6.45, 7) is 0. The third-order valence-corrected chi connectivity index (χ3v) is 7.36. The van der Waals surface area contributed by atoms with Gasteiger partial charge in [-0.1, -0.05) is 53.5 Å². The maximum absolute atomic E-state index is 13.3. The van der Waals surface area contributed by atoms with Crippen molar-refractivity contribution in [3.8, 4) is 11.5 Å². The quantitative estimate of drug-likeness (QED) is 0.203. The number of carbonyl (C=O) groups excluding carboxylic acids is 2. The van der Waals surface area contributed by atoms with Crippen molar-refractivity contribution in [3.63, 3.8) is 0 Å². The predicted octanol–water partition coefficient (Wildman–Crippen LogP) is 7.74. The van der Waals surface area contributed by atoms with Gasteiger partial charge < -0.3 is 20.1 Å². The summed E-state index contributed by atoms with van der Waals surface area (Å²) in [5.41, 5.74) is 2.37. The molecule has 194 valence electrons. The van der Waals surface area contributed by atoms with E-state index in [1.807, 2.05) is 42.5 Å². The summed E-state index contributed by atoms with van der Waals surface area (Å²) in [7, 11) is 3.05. The Morgan fingerprint density at radius 1 is 0.789 bits per heavy atom. The van der Waals surface area contributed by atoms with Gasteiger partial charge in [0.25, 0.3) is 5.91 Å². The van der Waals surface area contributed by atoms with Crippen LogP contribution in [0.5, 0.6) is 11.5 Å². The molecule has 0 aliphatic rings. The number of benzene rings is 4. The molecule has 0 aromatic heterocycles. The maximum Gasteiger partial charge on any atom is 0.255 e. The Bertz CT molecular complexity index is 1430. The summed E-state index contributed by atoms with van der Waals surface area (Å²) in [6.07, 6.45) is 0. The van der Waals surface area contributed by atoms with Crippen LogP contribution in [-0.2, 0) is 4.79 Å². The van der Waals surface area contributed by atoms with E-state index in [-0.39, 0.29) is 11.8 Å². The third-order valence-electron chi connectivity index (χ3n) is 5.54. The summed E-state index contributed by atoms with van der Waals surface area (Å²) >= 11 is 13.6. The average molecular weight is 567 g/mol. The van der Waals surface area contributed by atoms with Crippen molar-refractivity contribution in [3.05, 3.63) is 112 Å². The van der Waals surface area contributed by atoms with Gasteiger partial charge in [-0.2, -0.15) is 0 Å². The van der Waals surface area contributed by atoms with Crippen molar-refractivity contribution in [2.45, 2.75) is 10.1 Å². The Morgan fingerprint density at radius 3 is 2.16 bits per heavy atom. The Morgan fingerprint density at radius 2 is 1.50 bits per heavy atom. The van der Waals surface area contributed by atoms with E-state index in [0.29, 0.717) is 38.5 Å². The zero-order valence-corrected chi connectivity index (χ0v) is 22.9. The topological polar surface area (TPSA) is 76.7 Å². The number of thioether (sulfide) groups is 1. The van der Waals surface area contributed by atoms with Crippen molar-refractivity contribution < 1.29 is 19.1 Å². The second kappa shape index (κ2) is 12.7. The molecule has 0 bridgehead atoms. The third kappa shape index (κ3) is 6.81. The number of halogens is 2. The van der Waals surface area contributed by atoms with Crippen LogP contribution in [0.15, 0.2) is 95.9 Å². The van der Waals surface area contributed by atoms with Crippen molar-refractivity contribution in [2.24, 2.45) is 0 Å². The lowest BCUT2D eigenvalue weighted by molar-refractivity contribution is -0.115. The molecular weight excluding hydrogens is 543 g/mol. The molecule has 0 saturated heterocycles. The number of amides is 2. The molecule has 1 atom stereocenters. The van der Waals surface area contributed by atoms with Crippen LogP contribution in [-0.4, -0.2) is 26.0 Å². The first-order chi connectivity index (χ1) is 18.4. The zero-order valence-electron chi connectivity index (χ0n) is 20.5. The van der Waals surface area contributed by atoms with E-state index in [2.05, 4.69) is 10.6 Å². The number of ether oxygens (including phenoxy) is 2. The van der Waals surface area contributed by atoms with E-state index < -0.39 is 5.25 Å². The average Bonchev–Trinajstić information content (AvgIpc) is 2.94. The molecule has 2 amide bonds. The zero-order chi connectivity index (χ0) is 27.1. The molecule has 0 saturated carbocycles. The molecule has 1 unspecified atom stereocenters. The predicted molar refractivity (Wildman–Crippen MR) is 154 cm³/mol. The highest BCUT2D eigenvalue weighted by atomic mass is 35.5. The van der Waals surface area contributed by atoms with Gasteiger partial charge in [-0.3, -0.25) is 9.59 Å². The number of rotatable bonds is 9. The van der Waals surface area contributed by atoms with E-state index in [9.17, 15) is 9.59 Å². The van der Waals surface area contributed by atoms with E-state index in [1.165, 1.54) is 26.0 Å². The minimum atomic E-state index is -0.546. The van der Waals surface area contributed by atoms with Gasteiger partial charge in [-0.05, 0) is 66.2 Å². The van der Waals surface area contributed by atoms with Crippen molar-refractivity contribution in [1.82, 2.24) is 0 Å². The number of nitrogens with one attached hydrogen (secondary N) is 2. The Kier molecular flexibility index (Phi) is 9.18. The van der Waals surface area contributed by atoms with Crippen LogP contribution in [0.2, 0.25) is 10.0 Å². The largest absolute Gasteiger partial charge is 0.493 e.